The van der Waals surface area contributed by atoms with Crippen LogP contribution in [0.15, 0.2) is 41.3 Å². The highest BCUT2D eigenvalue weighted by molar-refractivity contribution is 9.10. The van der Waals surface area contributed by atoms with Crippen LogP contribution in [0.4, 0.5) is 11.5 Å². The van der Waals surface area contributed by atoms with E-state index >= 15 is 0 Å². The van der Waals surface area contributed by atoms with Gasteiger partial charge in [-0.05, 0) is 18.2 Å². The molecule has 20 heavy (non-hydrogen) atoms. The zero-order valence-corrected chi connectivity index (χ0v) is 11.7. The number of hydrogen-bond acceptors (Lipinski definition) is 4. The Balaban J connectivity index is 2.11. The number of fused-ring (bicyclic) bond motifs is 1. The van der Waals surface area contributed by atoms with Gasteiger partial charge < -0.3 is 15.4 Å². The van der Waals surface area contributed by atoms with Gasteiger partial charge in [0.25, 0.3) is 0 Å². The number of carboxylic acids is 1. The van der Waals surface area contributed by atoms with Crippen LogP contribution in [0.25, 0.3) is 11.0 Å². The van der Waals surface area contributed by atoms with E-state index in [1.165, 1.54) is 12.5 Å². The van der Waals surface area contributed by atoms with Crippen molar-refractivity contribution in [2.75, 3.05) is 5.32 Å². The molecule has 0 saturated carbocycles. The lowest BCUT2D eigenvalue weighted by molar-refractivity contribution is 0.0699. The number of aromatic amines is 1. The average molecular weight is 333 g/mol. The molecule has 3 rings (SSSR count). The van der Waals surface area contributed by atoms with E-state index in [2.05, 4.69) is 36.2 Å². The highest BCUT2D eigenvalue weighted by Gasteiger charge is 2.16. The zero-order valence-electron chi connectivity index (χ0n) is 10.1. The maximum atomic E-state index is 11.2. The minimum Gasteiger partial charge on any atom is -0.478 e. The molecule has 1 aromatic carbocycles. The Hall–Kier alpha value is -2.41. The summed E-state index contributed by atoms with van der Waals surface area (Å²) < 4.78 is 0.917. The molecule has 0 bridgehead atoms. The van der Waals surface area contributed by atoms with E-state index in [9.17, 15) is 9.90 Å². The highest BCUT2D eigenvalue weighted by atomic mass is 79.9. The molecule has 0 aliphatic rings. The van der Waals surface area contributed by atoms with Crippen molar-refractivity contribution >= 4 is 44.4 Å². The lowest BCUT2D eigenvalue weighted by Gasteiger charge is -2.07. The zero-order chi connectivity index (χ0) is 14.1. The maximum absolute atomic E-state index is 11.2. The molecular formula is C13H9BrN4O2. The second-order valence-electron chi connectivity index (χ2n) is 4.09. The van der Waals surface area contributed by atoms with E-state index < -0.39 is 5.97 Å². The Labute approximate surface area is 122 Å². The van der Waals surface area contributed by atoms with Crippen LogP contribution in [0.5, 0.6) is 0 Å². The highest BCUT2D eigenvalue weighted by Crippen LogP contribution is 2.27. The average Bonchev–Trinajstić information content (AvgIpc) is 2.84. The van der Waals surface area contributed by atoms with Gasteiger partial charge in [-0.3, -0.25) is 0 Å². The smallest absolute Gasteiger partial charge is 0.338 e. The summed E-state index contributed by atoms with van der Waals surface area (Å²) in [7, 11) is 0. The Morgan fingerprint density at radius 1 is 1.35 bits per heavy atom. The summed E-state index contributed by atoms with van der Waals surface area (Å²) in [4.78, 5) is 22.2. The first-order valence-corrected chi connectivity index (χ1v) is 6.52. The molecular weight excluding hydrogens is 324 g/mol. The van der Waals surface area contributed by atoms with Crippen LogP contribution < -0.4 is 5.32 Å². The standard InChI is InChI=1S/C13H9BrN4O2/c14-7-2-1-3-8(4-7)18-12-10-9(13(19)20)5-15-11(10)16-6-17-12/h1-6H,(H,19,20)(H2,15,16,17,18). The van der Waals surface area contributed by atoms with E-state index in [1.807, 2.05) is 24.3 Å². The van der Waals surface area contributed by atoms with Crippen molar-refractivity contribution < 1.29 is 9.90 Å². The number of aromatic carboxylic acids is 1. The summed E-state index contributed by atoms with van der Waals surface area (Å²) in [6, 6.07) is 7.52. The molecule has 7 heteroatoms. The number of halogens is 1. The molecule has 2 heterocycles. The lowest BCUT2D eigenvalue weighted by atomic mass is 10.2. The van der Waals surface area contributed by atoms with Crippen LogP contribution in [0.2, 0.25) is 0 Å². The SMILES string of the molecule is O=C(O)c1c[nH]c2ncnc(Nc3cccc(Br)c3)c12. The predicted octanol–water partition coefficient (Wildman–Crippen LogP) is 3.16. The van der Waals surface area contributed by atoms with Crippen molar-refractivity contribution in [1.82, 2.24) is 15.0 Å². The van der Waals surface area contributed by atoms with Crippen molar-refractivity contribution in [3.63, 3.8) is 0 Å². The topological polar surface area (TPSA) is 90.9 Å². The van der Waals surface area contributed by atoms with Gasteiger partial charge in [0.2, 0.25) is 0 Å². The summed E-state index contributed by atoms with van der Waals surface area (Å²) in [5.74, 6) is -0.574. The van der Waals surface area contributed by atoms with Crippen molar-refractivity contribution in [1.29, 1.82) is 0 Å². The molecule has 0 unspecified atom stereocenters. The van der Waals surface area contributed by atoms with Gasteiger partial charge in [0.15, 0.2) is 0 Å². The largest absolute Gasteiger partial charge is 0.478 e. The molecule has 2 aromatic heterocycles. The van der Waals surface area contributed by atoms with Crippen LogP contribution in [-0.4, -0.2) is 26.0 Å². The van der Waals surface area contributed by atoms with Crippen molar-refractivity contribution in [2.24, 2.45) is 0 Å². The minimum atomic E-state index is -1.02. The molecule has 0 atom stereocenters. The van der Waals surface area contributed by atoms with Gasteiger partial charge >= 0.3 is 5.97 Å². The second kappa shape index (κ2) is 4.93. The number of rotatable bonds is 3. The monoisotopic (exact) mass is 332 g/mol. The first-order valence-electron chi connectivity index (χ1n) is 5.73. The van der Waals surface area contributed by atoms with E-state index in [0.29, 0.717) is 16.9 Å². The van der Waals surface area contributed by atoms with Gasteiger partial charge in [-0.2, -0.15) is 0 Å². The Morgan fingerprint density at radius 3 is 2.95 bits per heavy atom. The fraction of sp³-hybridized carbons (Fsp3) is 0. The summed E-state index contributed by atoms with van der Waals surface area (Å²) >= 11 is 3.38. The molecule has 0 aliphatic carbocycles. The second-order valence-corrected chi connectivity index (χ2v) is 5.00. The van der Waals surface area contributed by atoms with Gasteiger partial charge in [-0.1, -0.05) is 22.0 Å². The minimum absolute atomic E-state index is 0.137. The molecule has 0 fully saturated rings. The third-order valence-electron chi connectivity index (χ3n) is 2.79. The van der Waals surface area contributed by atoms with Gasteiger partial charge in [-0.25, -0.2) is 14.8 Å². The summed E-state index contributed by atoms with van der Waals surface area (Å²) in [6.45, 7) is 0. The number of anilines is 2. The number of H-pyrrole nitrogens is 1. The molecule has 0 saturated heterocycles. The van der Waals surface area contributed by atoms with E-state index in [0.717, 1.165) is 10.2 Å². The van der Waals surface area contributed by atoms with Gasteiger partial charge in [0, 0.05) is 16.4 Å². The number of carboxylic acid groups (broad SMARTS) is 1. The number of hydrogen-bond donors (Lipinski definition) is 3. The fourth-order valence-corrected chi connectivity index (χ4v) is 2.33. The molecule has 0 radical (unpaired) electrons. The molecule has 0 spiro atoms. The third-order valence-corrected chi connectivity index (χ3v) is 3.28. The number of nitrogens with one attached hydrogen (secondary N) is 2. The third kappa shape index (κ3) is 2.23. The van der Waals surface area contributed by atoms with E-state index in [4.69, 9.17) is 0 Å². The Bertz CT molecular complexity index is 800. The van der Waals surface area contributed by atoms with Crippen molar-refractivity contribution in [2.45, 2.75) is 0 Å². The first-order chi connectivity index (χ1) is 9.65. The predicted molar refractivity (Wildman–Crippen MR) is 78.3 cm³/mol. The fourth-order valence-electron chi connectivity index (χ4n) is 1.93. The number of benzene rings is 1. The number of carbonyl (C=O) groups is 1. The number of nitrogens with zero attached hydrogens (tertiary/aromatic N) is 2. The molecule has 100 valence electrons. The molecule has 0 aliphatic heterocycles. The Kier molecular flexibility index (Phi) is 3.11. The van der Waals surface area contributed by atoms with Crippen molar-refractivity contribution in [3.8, 4) is 0 Å². The molecule has 3 aromatic rings. The van der Waals surface area contributed by atoms with Crippen LogP contribution in [0.1, 0.15) is 10.4 Å². The van der Waals surface area contributed by atoms with Crippen LogP contribution in [-0.2, 0) is 0 Å². The quantitative estimate of drug-likeness (QED) is 0.685. The van der Waals surface area contributed by atoms with Gasteiger partial charge in [0.1, 0.15) is 17.8 Å². The Morgan fingerprint density at radius 2 is 2.20 bits per heavy atom. The summed E-state index contributed by atoms with van der Waals surface area (Å²) in [5, 5.41) is 12.8. The lowest BCUT2D eigenvalue weighted by Crippen LogP contribution is -1.99. The van der Waals surface area contributed by atoms with Crippen LogP contribution in [0, 0.1) is 0 Å². The summed E-state index contributed by atoms with van der Waals surface area (Å²) in [5.41, 5.74) is 1.42. The normalized spacial score (nSPS) is 10.7. The maximum Gasteiger partial charge on any atom is 0.338 e. The molecule has 0 amide bonds. The molecule has 3 N–H and O–H groups in total. The first kappa shape index (κ1) is 12.6. The van der Waals surface area contributed by atoms with Crippen LogP contribution >= 0.6 is 15.9 Å². The van der Waals surface area contributed by atoms with Crippen molar-refractivity contribution in [3.05, 3.63) is 46.8 Å². The van der Waals surface area contributed by atoms with E-state index in [-0.39, 0.29) is 5.56 Å². The summed E-state index contributed by atoms with van der Waals surface area (Å²) in [6.07, 6.45) is 2.79. The van der Waals surface area contributed by atoms with Crippen LogP contribution in [0.3, 0.4) is 0 Å². The van der Waals surface area contributed by atoms with Gasteiger partial charge in [-0.15, -0.1) is 0 Å². The van der Waals surface area contributed by atoms with E-state index in [1.54, 1.807) is 0 Å². The molecule has 6 nitrogen and oxygen atoms in total. The van der Waals surface area contributed by atoms with Gasteiger partial charge in [0.05, 0.1) is 10.9 Å². The number of aromatic nitrogens is 3.